The van der Waals surface area contributed by atoms with Crippen LogP contribution in [0.1, 0.15) is 13.3 Å². The van der Waals surface area contributed by atoms with Crippen molar-refractivity contribution < 1.29 is 9.53 Å². The zero-order valence-electron chi connectivity index (χ0n) is 11.9. The molecule has 1 fully saturated rings. The van der Waals surface area contributed by atoms with E-state index in [2.05, 4.69) is 15.3 Å². The zero-order valence-corrected chi connectivity index (χ0v) is 11.9. The first-order valence-corrected chi connectivity index (χ1v) is 6.94. The van der Waals surface area contributed by atoms with Crippen LogP contribution >= 0.6 is 0 Å². The van der Waals surface area contributed by atoms with E-state index in [-0.39, 0.29) is 5.91 Å². The molecular formula is C16H17N3O2. The topological polar surface area (TPSA) is 64.1 Å². The largest absolute Gasteiger partial charge is 0.380 e. The lowest BCUT2D eigenvalue weighted by atomic mass is 9.89. The SMILES string of the molecule is CC1(C(=O)Nc2ncc(-c3ccccc3)cn2)CCOC1. The highest BCUT2D eigenvalue weighted by Crippen LogP contribution is 2.29. The van der Waals surface area contributed by atoms with Gasteiger partial charge in [-0.15, -0.1) is 0 Å². The summed E-state index contributed by atoms with van der Waals surface area (Å²) in [4.78, 5) is 20.6. The summed E-state index contributed by atoms with van der Waals surface area (Å²) in [5.74, 6) is 0.236. The molecule has 0 spiro atoms. The van der Waals surface area contributed by atoms with E-state index in [1.54, 1.807) is 12.4 Å². The summed E-state index contributed by atoms with van der Waals surface area (Å²) in [5.41, 5.74) is 1.48. The van der Waals surface area contributed by atoms with Crippen LogP contribution in [-0.4, -0.2) is 29.1 Å². The number of nitrogens with zero attached hydrogens (tertiary/aromatic N) is 2. The van der Waals surface area contributed by atoms with Crippen molar-refractivity contribution in [3.05, 3.63) is 42.7 Å². The van der Waals surface area contributed by atoms with Crippen molar-refractivity contribution in [3.63, 3.8) is 0 Å². The van der Waals surface area contributed by atoms with Crippen molar-refractivity contribution in [1.29, 1.82) is 0 Å². The van der Waals surface area contributed by atoms with Crippen LogP contribution in [0.4, 0.5) is 5.95 Å². The van der Waals surface area contributed by atoms with E-state index >= 15 is 0 Å². The Kier molecular flexibility index (Phi) is 3.66. The Morgan fingerprint density at radius 1 is 1.19 bits per heavy atom. The predicted molar refractivity (Wildman–Crippen MR) is 79.6 cm³/mol. The number of ether oxygens (including phenoxy) is 1. The van der Waals surface area contributed by atoms with E-state index in [4.69, 9.17) is 4.74 Å². The highest BCUT2D eigenvalue weighted by Gasteiger charge is 2.37. The standard InChI is InChI=1S/C16H17N3O2/c1-16(7-8-21-11-16)14(20)19-15-17-9-13(10-18-15)12-5-3-2-4-6-12/h2-6,9-10H,7-8,11H2,1H3,(H,17,18,19,20). The Labute approximate surface area is 123 Å². The molecule has 1 aliphatic heterocycles. The Balaban J connectivity index is 1.72. The number of anilines is 1. The highest BCUT2D eigenvalue weighted by atomic mass is 16.5. The van der Waals surface area contributed by atoms with E-state index in [0.29, 0.717) is 19.2 Å². The molecule has 1 atom stereocenters. The third-order valence-electron chi connectivity index (χ3n) is 3.75. The van der Waals surface area contributed by atoms with Gasteiger partial charge in [-0.2, -0.15) is 0 Å². The summed E-state index contributed by atoms with van der Waals surface area (Å²) >= 11 is 0. The first-order chi connectivity index (χ1) is 10.2. The van der Waals surface area contributed by atoms with Crippen molar-refractivity contribution in [2.24, 2.45) is 5.41 Å². The van der Waals surface area contributed by atoms with Crippen LogP contribution < -0.4 is 5.32 Å². The van der Waals surface area contributed by atoms with E-state index in [9.17, 15) is 4.79 Å². The van der Waals surface area contributed by atoms with E-state index in [1.807, 2.05) is 37.3 Å². The minimum Gasteiger partial charge on any atom is -0.380 e. The molecule has 2 heterocycles. The molecule has 1 saturated heterocycles. The summed E-state index contributed by atoms with van der Waals surface area (Å²) < 4.78 is 5.29. The molecule has 0 radical (unpaired) electrons. The van der Waals surface area contributed by atoms with Gasteiger partial charge in [-0.1, -0.05) is 30.3 Å². The molecule has 1 unspecified atom stereocenters. The molecule has 3 rings (SSSR count). The second kappa shape index (κ2) is 5.61. The van der Waals surface area contributed by atoms with Gasteiger partial charge in [0.2, 0.25) is 11.9 Å². The lowest BCUT2D eigenvalue weighted by Crippen LogP contribution is -2.34. The van der Waals surface area contributed by atoms with Gasteiger partial charge in [0.1, 0.15) is 0 Å². The number of rotatable bonds is 3. The molecule has 0 aliphatic carbocycles. The molecule has 5 heteroatoms. The summed E-state index contributed by atoms with van der Waals surface area (Å²) in [6.45, 7) is 2.96. The number of amides is 1. The molecule has 108 valence electrons. The quantitative estimate of drug-likeness (QED) is 0.940. The van der Waals surface area contributed by atoms with Crippen LogP contribution in [0.25, 0.3) is 11.1 Å². The molecule has 1 aromatic carbocycles. The molecule has 0 saturated carbocycles. The Bertz CT molecular complexity index is 620. The number of benzene rings is 1. The van der Waals surface area contributed by atoms with Crippen LogP contribution in [-0.2, 0) is 9.53 Å². The van der Waals surface area contributed by atoms with Crippen molar-refractivity contribution in [2.45, 2.75) is 13.3 Å². The van der Waals surface area contributed by atoms with Gasteiger partial charge in [0, 0.05) is 24.6 Å². The maximum atomic E-state index is 12.2. The molecular weight excluding hydrogens is 266 g/mol. The summed E-state index contributed by atoms with van der Waals surface area (Å²) in [7, 11) is 0. The van der Waals surface area contributed by atoms with Crippen LogP contribution in [0.15, 0.2) is 42.7 Å². The minimum absolute atomic E-state index is 0.0903. The number of nitrogens with one attached hydrogen (secondary N) is 1. The second-order valence-corrected chi connectivity index (χ2v) is 5.48. The zero-order chi connectivity index (χ0) is 14.7. The van der Waals surface area contributed by atoms with Crippen LogP contribution in [0.2, 0.25) is 0 Å². The van der Waals surface area contributed by atoms with Gasteiger partial charge >= 0.3 is 0 Å². The van der Waals surface area contributed by atoms with Gasteiger partial charge in [0.15, 0.2) is 0 Å². The summed E-state index contributed by atoms with van der Waals surface area (Å²) in [5, 5.41) is 2.76. The van der Waals surface area contributed by atoms with Gasteiger partial charge in [0.05, 0.1) is 12.0 Å². The second-order valence-electron chi connectivity index (χ2n) is 5.48. The first kappa shape index (κ1) is 13.7. The highest BCUT2D eigenvalue weighted by molar-refractivity contribution is 5.94. The Morgan fingerprint density at radius 2 is 1.90 bits per heavy atom. The van der Waals surface area contributed by atoms with Gasteiger partial charge < -0.3 is 4.74 Å². The molecule has 0 bridgehead atoms. The molecule has 2 aromatic rings. The van der Waals surface area contributed by atoms with Crippen molar-refractivity contribution in [3.8, 4) is 11.1 Å². The number of aromatic nitrogens is 2. The fourth-order valence-corrected chi connectivity index (χ4v) is 2.27. The smallest absolute Gasteiger partial charge is 0.235 e. The van der Waals surface area contributed by atoms with Gasteiger partial charge in [-0.25, -0.2) is 9.97 Å². The average molecular weight is 283 g/mol. The van der Waals surface area contributed by atoms with Crippen LogP contribution in [0.3, 0.4) is 0 Å². The van der Waals surface area contributed by atoms with Crippen molar-refractivity contribution in [2.75, 3.05) is 18.5 Å². The third-order valence-corrected chi connectivity index (χ3v) is 3.75. The maximum absolute atomic E-state index is 12.2. The van der Waals surface area contributed by atoms with Crippen molar-refractivity contribution in [1.82, 2.24) is 9.97 Å². The van der Waals surface area contributed by atoms with E-state index in [0.717, 1.165) is 17.5 Å². The monoisotopic (exact) mass is 283 g/mol. The van der Waals surface area contributed by atoms with Gasteiger partial charge in [-0.3, -0.25) is 10.1 Å². The normalized spacial score (nSPS) is 21.2. The fourth-order valence-electron chi connectivity index (χ4n) is 2.27. The van der Waals surface area contributed by atoms with Crippen LogP contribution in [0, 0.1) is 5.41 Å². The third kappa shape index (κ3) is 2.92. The number of carbonyl (C=O) groups is 1. The summed E-state index contributed by atoms with van der Waals surface area (Å²) in [6.07, 6.45) is 4.15. The van der Waals surface area contributed by atoms with E-state index < -0.39 is 5.41 Å². The predicted octanol–water partition coefficient (Wildman–Crippen LogP) is 2.51. The van der Waals surface area contributed by atoms with Crippen LogP contribution in [0.5, 0.6) is 0 Å². The maximum Gasteiger partial charge on any atom is 0.235 e. The fraction of sp³-hybridized carbons (Fsp3) is 0.312. The minimum atomic E-state index is -0.485. The molecule has 1 aliphatic rings. The summed E-state index contributed by atoms with van der Waals surface area (Å²) in [6, 6.07) is 9.88. The first-order valence-electron chi connectivity index (χ1n) is 6.94. The molecule has 1 amide bonds. The lowest BCUT2D eigenvalue weighted by Gasteiger charge is -2.19. The Hall–Kier alpha value is -2.27. The number of hydrogen-bond donors (Lipinski definition) is 1. The van der Waals surface area contributed by atoms with Crippen molar-refractivity contribution >= 4 is 11.9 Å². The number of hydrogen-bond acceptors (Lipinski definition) is 4. The molecule has 1 aromatic heterocycles. The Morgan fingerprint density at radius 3 is 2.52 bits per heavy atom. The van der Waals surface area contributed by atoms with Gasteiger partial charge in [-0.05, 0) is 18.9 Å². The molecule has 5 nitrogen and oxygen atoms in total. The van der Waals surface area contributed by atoms with E-state index in [1.165, 1.54) is 0 Å². The van der Waals surface area contributed by atoms with Gasteiger partial charge in [0.25, 0.3) is 0 Å². The average Bonchev–Trinajstić information content (AvgIpc) is 2.97. The molecule has 1 N–H and O–H groups in total. The number of carbonyl (C=O) groups excluding carboxylic acids is 1. The lowest BCUT2D eigenvalue weighted by molar-refractivity contribution is -0.124. The molecule has 21 heavy (non-hydrogen) atoms.